The Balaban J connectivity index is 1.80. The predicted octanol–water partition coefficient (Wildman–Crippen LogP) is 5.16. The van der Waals surface area contributed by atoms with Gasteiger partial charge in [0.1, 0.15) is 0 Å². The van der Waals surface area contributed by atoms with Crippen LogP contribution in [-0.4, -0.2) is 10.9 Å². The minimum absolute atomic E-state index is 0.100. The number of aromatic nitrogens is 1. The number of hydrogen-bond acceptors (Lipinski definition) is 3. The van der Waals surface area contributed by atoms with Crippen LogP contribution in [-0.2, 0) is 0 Å². The van der Waals surface area contributed by atoms with Gasteiger partial charge in [-0.3, -0.25) is 14.7 Å². The molecule has 0 radical (unpaired) electrons. The summed E-state index contributed by atoms with van der Waals surface area (Å²) in [6.45, 7) is 0. The van der Waals surface area contributed by atoms with Crippen molar-refractivity contribution in [1.29, 1.82) is 0 Å². The normalized spacial score (nSPS) is 16.0. The number of rotatable bonds is 3. The van der Waals surface area contributed by atoms with Gasteiger partial charge in [-0.05, 0) is 42.5 Å². The molecule has 2 heterocycles. The molecule has 1 amide bonds. The molecule has 1 aliphatic heterocycles. The average molecular weight is 370 g/mol. The molecule has 124 valence electrons. The first-order valence-corrected chi connectivity index (χ1v) is 8.46. The quantitative estimate of drug-likeness (QED) is 0.693. The largest absolute Gasteiger partial charge is 0.359 e. The molecule has 4 rings (SSSR count). The summed E-state index contributed by atoms with van der Waals surface area (Å²) < 4.78 is 0. The molecule has 4 nitrogen and oxygen atoms in total. The van der Waals surface area contributed by atoms with Crippen molar-refractivity contribution in [3.63, 3.8) is 0 Å². The Kier molecular flexibility index (Phi) is 4.07. The number of nitrogens with zero attached hydrogens (tertiary/aromatic N) is 2. The number of hydrogen-bond donors (Lipinski definition) is 1. The molecule has 0 bridgehead atoms. The molecule has 1 atom stereocenters. The van der Waals surface area contributed by atoms with Gasteiger partial charge in [-0.2, -0.15) is 0 Å². The van der Waals surface area contributed by atoms with E-state index in [9.17, 15) is 4.79 Å². The molecule has 25 heavy (non-hydrogen) atoms. The molecule has 0 saturated carbocycles. The Labute approximate surface area is 155 Å². The first kappa shape index (κ1) is 15.9. The summed E-state index contributed by atoms with van der Waals surface area (Å²) in [4.78, 5) is 19.0. The van der Waals surface area contributed by atoms with Gasteiger partial charge in [0.15, 0.2) is 6.17 Å². The van der Waals surface area contributed by atoms with Crippen LogP contribution in [0.15, 0.2) is 66.9 Å². The van der Waals surface area contributed by atoms with Gasteiger partial charge in [0, 0.05) is 16.9 Å². The van der Waals surface area contributed by atoms with Crippen LogP contribution in [0.2, 0.25) is 10.0 Å². The second kappa shape index (κ2) is 6.39. The van der Waals surface area contributed by atoms with E-state index in [0.29, 0.717) is 27.0 Å². The topological polar surface area (TPSA) is 45.2 Å². The molecular formula is C19H13Cl2N3O. The number of amides is 1. The second-order valence-corrected chi connectivity index (χ2v) is 6.46. The Morgan fingerprint density at radius 2 is 1.80 bits per heavy atom. The molecule has 0 saturated heterocycles. The van der Waals surface area contributed by atoms with E-state index in [4.69, 9.17) is 23.2 Å². The lowest BCUT2D eigenvalue weighted by Crippen LogP contribution is -2.32. The number of pyridine rings is 1. The summed E-state index contributed by atoms with van der Waals surface area (Å²) in [5.74, 6) is -0.100. The Bertz CT molecular complexity index is 946. The van der Waals surface area contributed by atoms with Crippen LogP contribution >= 0.6 is 23.2 Å². The molecule has 1 N–H and O–H groups in total. The van der Waals surface area contributed by atoms with Gasteiger partial charge in [0.2, 0.25) is 0 Å². The predicted molar refractivity (Wildman–Crippen MR) is 100 cm³/mol. The zero-order valence-corrected chi connectivity index (χ0v) is 14.5. The van der Waals surface area contributed by atoms with E-state index < -0.39 is 6.17 Å². The van der Waals surface area contributed by atoms with E-state index in [-0.39, 0.29) is 5.91 Å². The molecule has 1 aromatic heterocycles. The number of nitrogens with one attached hydrogen (secondary N) is 1. The fraction of sp³-hybridized carbons (Fsp3) is 0.0526. The van der Waals surface area contributed by atoms with Crippen molar-refractivity contribution in [2.75, 3.05) is 10.2 Å². The van der Waals surface area contributed by atoms with Crippen molar-refractivity contribution < 1.29 is 4.79 Å². The highest BCUT2D eigenvalue weighted by Crippen LogP contribution is 2.38. The summed E-state index contributed by atoms with van der Waals surface area (Å²) in [6, 6.07) is 18.2. The van der Waals surface area contributed by atoms with E-state index >= 15 is 0 Å². The highest BCUT2D eigenvalue weighted by molar-refractivity contribution is 6.36. The van der Waals surface area contributed by atoms with Crippen LogP contribution in [0.25, 0.3) is 0 Å². The maximum atomic E-state index is 12.9. The van der Waals surface area contributed by atoms with Gasteiger partial charge >= 0.3 is 0 Å². The van der Waals surface area contributed by atoms with Crippen LogP contribution in [0.5, 0.6) is 0 Å². The third kappa shape index (κ3) is 2.84. The fourth-order valence-corrected chi connectivity index (χ4v) is 3.39. The smallest absolute Gasteiger partial charge is 0.262 e. The first-order valence-electron chi connectivity index (χ1n) is 7.70. The number of carbonyl (C=O) groups is 1. The molecule has 3 aromatic rings. The van der Waals surface area contributed by atoms with Crippen molar-refractivity contribution in [3.8, 4) is 0 Å². The third-order valence-corrected chi connectivity index (χ3v) is 4.61. The minimum atomic E-state index is -0.454. The van der Waals surface area contributed by atoms with Gasteiger partial charge in [0.25, 0.3) is 5.91 Å². The molecule has 0 spiro atoms. The molecule has 0 unspecified atom stereocenters. The second-order valence-electron chi connectivity index (χ2n) is 5.62. The summed E-state index contributed by atoms with van der Waals surface area (Å²) in [5, 5.41) is 4.36. The van der Waals surface area contributed by atoms with E-state index in [0.717, 1.165) is 5.69 Å². The number of anilines is 2. The fourth-order valence-electron chi connectivity index (χ4n) is 2.93. The average Bonchev–Trinajstić information content (AvgIpc) is 2.91. The van der Waals surface area contributed by atoms with Gasteiger partial charge in [-0.15, -0.1) is 0 Å². The van der Waals surface area contributed by atoms with E-state index in [2.05, 4.69) is 10.3 Å². The minimum Gasteiger partial charge on any atom is -0.359 e. The number of para-hydroxylation sites is 1. The maximum Gasteiger partial charge on any atom is 0.262 e. The Morgan fingerprint density at radius 1 is 1.00 bits per heavy atom. The van der Waals surface area contributed by atoms with E-state index in [1.165, 1.54) is 0 Å². The molecule has 0 fully saturated rings. The van der Waals surface area contributed by atoms with Crippen molar-refractivity contribution in [1.82, 2.24) is 4.98 Å². The van der Waals surface area contributed by atoms with Gasteiger partial charge in [-0.1, -0.05) is 41.4 Å². The van der Waals surface area contributed by atoms with Crippen molar-refractivity contribution in [2.24, 2.45) is 0 Å². The SMILES string of the molecule is O=C1c2cccnc2[C@@H](Nc2ccc(Cl)cc2Cl)N1c1ccccc1. The number of carbonyl (C=O) groups excluding carboxylic acids is 1. The third-order valence-electron chi connectivity index (χ3n) is 4.06. The van der Waals surface area contributed by atoms with Gasteiger partial charge in [0.05, 0.1) is 22.0 Å². The monoisotopic (exact) mass is 369 g/mol. The van der Waals surface area contributed by atoms with Crippen LogP contribution in [0.4, 0.5) is 11.4 Å². The lowest BCUT2D eigenvalue weighted by molar-refractivity contribution is 0.0993. The van der Waals surface area contributed by atoms with Gasteiger partial charge < -0.3 is 5.32 Å². The van der Waals surface area contributed by atoms with Crippen LogP contribution in [0.1, 0.15) is 22.2 Å². The Hall–Kier alpha value is -2.56. The molecule has 6 heteroatoms. The van der Waals surface area contributed by atoms with Crippen LogP contribution in [0.3, 0.4) is 0 Å². The lowest BCUT2D eigenvalue weighted by Gasteiger charge is -2.27. The molecule has 1 aliphatic rings. The summed E-state index contributed by atoms with van der Waals surface area (Å²) >= 11 is 12.3. The zero-order valence-electron chi connectivity index (χ0n) is 13.0. The molecule has 0 aliphatic carbocycles. The Morgan fingerprint density at radius 3 is 2.56 bits per heavy atom. The molecule has 2 aromatic carbocycles. The zero-order chi connectivity index (χ0) is 17.4. The molecular weight excluding hydrogens is 357 g/mol. The van der Waals surface area contributed by atoms with Crippen LogP contribution < -0.4 is 10.2 Å². The van der Waals surface area contributed by atoms with E-state index in [1.54, 1.807) is 41.4 Å². The standard InChI is InChI=1S/C19H13Cl2N3O/c20-12-8-9-16(15(21)11-12)23-18-17-14(7-4-10-22-17)19(25)24(18)13-5-2-1-3-6-13/h1-11,18,23H/t18-/m0/s1. The number of fused-ring (bicyclic) bond motifs is 1. The van der Waals surface area contributed by atoms with E-state index in [1.807, 2.05) is 30.3 Å². The van der Waals surface area contributed by atoms with Crippen LogP contribution in [0, 0.1) is 0 Å². The summed E-state index contributed by atoms with van der Waals surface area (Å²) in [5.41, 5.74) is 2.72. The van der Waals surface area contributed by atoms with Gasteiger partial charge in [-0.25, -0.2) is 0 Å². The highest BCUT2D eigenvalue weighted by Gasteiger charge is 2.39. The van der Waals surface area contributed by atoms with Crippen molar-refractivity contribution in [2.45, 2.75) is 6.17 Å². The summed E-state index contributed by atoms with van der Waals surface area (Å²) in [6.07, 6.45) is 1.23. The summed E-state index contributed by atoms with van der Waals surface area (Å²) in [7, 11) is 0. The first-order chi connectivity index (χ1) is 12.1. The lowest BCUT2D eigenvalue weighted by atomic mass is 10.2. The number of halogens is 2. The number of benzene rings is 2. The maximum absolute atomic E-state index is 12.9. The highest BCUT2D eigenvalue weighted by atomic mass is 35.5. The van der Waals surface area contributed by atoms with Crippen molar-refractivity contribution >= 4 is 40.5 Å². The van der Waals surface area contributed by atoms with Crippen molar-refractivity contribution in [3.05, 3.63) is 88.2 Å².